The van der Waals surface area contributed by atoms with Crippen LogP contribution in [0.1, 0.15) is 117 Å². The number of carbonyl (C=O) groups is 5. The lowest BCUT2D eigenvalue weighted by atomic mass is 10.0. The van der Waals surface area contributed by atoms with Crippen molar-refractivity contribution < 1.29 is 42.9 Å². The highest BCUT2D eigenvalue weighted by atomic mass is 16.6. The third-order valence-electron chi connectivity index (χ3n) is 8.11. The van der Waals surface area contributed by atoms with Gasteiger partial charge in [0.05, 0.1) is 13.2 Å². The fourth-order valence-corrected chi connectivity index (χ4v) is 5.26. The van der Waals surface area contributed by atoms with E-state index in [1.807, 2.05) is 83.1 Å². The molecule has 306 valence electrons. The lowest BCUT2D eigenvalue weighted by Gasteiger charge is -2.24. The minimum atomic E-state index is -1.05. The first-order chi connectivity index (χ1) is 26.0. The Kier molecular flexibility index (Phi) is 20.1. The van der Waals surface area contributed by atoms with E-state index in [0.717, 1.165) is 23.1 Å². The molecule has 0 bridgehead atoms. The van der Waals surface area contributed by atoms with Crippen LogP contribution in [0.25, 0.3) is 0 Å². The summed E-state index contributed by atoms with van der Waals surface area (Å²) in [4.78, 5) is 64.3. The van der Waals surface area contributed by atoms with E-state index < -0.39 is 47.3 Å². The van der Waals surface area contributed by atoms with Crippen LogP contribution in [0, 0.1) is 6.92 Å². The van der Waals surface area contributed by atoms with Gasteiger partial charge in [-0.2, -0.15) is 0 Å². The molecule has 2 atom stereocenters. The molecule has 2 rings (SSSR count). The van der Waals surface area contributed by atoms with E-state index in [4.69, 9.17) is 18.9 Å². The van der Waals surface area contributed by atoms with Crippen LogP contribution in [-0.4, -0.2) is 73.0 Å². The maximum absolute atomic E-state index is 13.8. The van der Waals surface area contributed by atoms with Crippen molar-refractivity contribution in [3.63, 3.8) is 0 Å². The minimum Gasteiger partial charge on any atom is -0.494 e. The Morgan fingerprint density at radius 1 is 0.709 bits per heavy atom. The zero-order chi connectivity index (χ0) is 40.9. The van der Waals surface area contributed by atoms with E-state index in [1.54, 1.807) is 20.8 Å². The fourth-order valence-electron chi connectivity index (χ4n) is 5.26. The fraction of sp³-hybridized carbons (Fsp3) is 0.595. The van der Waals surface area contributed by atoms with E-state index in [0.29, 0.717) is 51.0 Å². The van der Waals surface area contributed by atoms with Crippen molar-refractivity contribution in [2.45, 2.75) is 143 Å². The largest absolute Gasteiger partial charge is 0.494 e. The number of amides is 4. The number of carbonyl (C=O) groups excluding carboxylic acids is 5. The summed E-state index contributed by atoms with van der Waals surface area (Å²) in [5.41, 5.74) is 1.61. The standard InChI is InChI=1S/C42H64N4O9/c1-9-10-26-53-40(51)46-34(19-16-20-36(47)54-41(3,4)5)38(49)45-35(24-22-31-17-12-11-13-18-31)37(48)44-29-32-28-33(23-21-30(32)2)52-27-15-14-25-43-39(50)55-42(6,7)8/h11-13,17-18,21,23,28,34-35H,9-10,14-16,19-20,22,24-27,29H2,1-8H3,(H,43,50)(H,44,48)(H,45,49)(H,46,51)/t34-,35-/m0/s1. The van der Waals surface area contributed by atoms with Gasteiger partial charge in [-0.15, -0.1) is 0 Å². The molecule has 0 aromatic heterocycles. The zero-order valence-corrected chi connectivity index (χ0v) is 34.1. The molecule has 13 heteroatoms. The number of esters is 1. The summed E-state index contributed by atoms with van der Waals surface area (Å²) in [5, 5.41) is 11.2. The van der Waals surface area contributed by atoms with E-state index in [9.17, 15) is 24.0 Å². The lowest BCUT2D eigenvalue weighted by Crippen LogP contribution is -2.54. The predicted molar refractivity (Wildman–Crippen MR) is 212 cm³/mol. The summed E-state index contributed by atoms with van der Waals surface area (Å²) in [5.74, 6) is -0.701. The molecule has 0 saturated carbocycles. The van der Waals surface area contributed by atoms with Crippen LogP contribution < -0.4 is 26.0 Å². The van der Waals surface area contributed by atoms with Gasteiger partial charge in [-0.1, -0.05) is 49.7 Å². The van der Waals surface area contributed by atoms with Gasteiger partial charge in [-0.05, 0) is 122 Å². The van der Waals surface area contributed by atoms with Gasteiger partial charge in [0.25, 0.3) is 0 Å². The molecule has 0 heterocycles. The number of nitrogens with one attached hydrogen (secondary N) is 4. The molecular formula is C42H64N4O9. The molecule has 4 amide bonds. The Balaban J connectivity index is 2.08. The maximum atomic E-state index is 13.8. The molecule has 0 unspecified atom stereocenters. The highest BCUT2D eigenvalue weighted by Crippen LogP contribution is 2.18. The Labute approximate surface area is 327 Å². The maximum Gasteiger partial charge on any atom is 0.407 e. The second-order valence-electron chi connectivity index (χ2n) is 15.5. The molecule has 0 aliphatic heterocycles. The van der Waals surface area contributed by atoms with Crippen LogP contribution in [0.2, 0.25) is 0 Å². The molecule has 4 N–H and O–H groups in total. The third kappa shape index (κ3) is 21.0. The number of aryl methyl sites for hydroxylation is 2. The molecule has 0 aliphatic carbocycles. The van der Waals surface area contributed by atoms with Crippen molar-refractivity contribution in [3.05, 3.63) is 65.2 Å². The predicted octanol–water partition coefficient (Wildman–Crippen LogP) is 6.82. The van der Waals surface area contributed by atoms with Gasteiger partial charge < -0.3 is 40.2 Å². The normalized spacial score (nSPS) is 12.4. The second kappa shape index (κ2) is 23.9. The Morgan fingerprint density at radius 2 is 1.40 bits per heavy atom. The average molecular weight is 769 g/mol. The van der Waals surface area contributed by atoms with Crippen LogP contribution in [-0.2, 0) is 41.6 Å². The highest BCUT2D eigenvalue weighted by molar-refractivity contribution is 5.91. The number of alkyl carbamates (subject to hydrolysis) is 2. The molecule has 0 radical (unpaired) electrons. The zero-order valence-electron chi connectivity index (χ0n) is 34.1. The molecule has 2 aromatic rings. The van der Waals surface area contributed by atoms with Gasteiger partial charge in [-0.25, -0.2) is 9.59 Å². The van der Waals surface area contributed by atoms with Crippen molar-refractivity contribution in [3.8, 4) is 5.75 Å². The number of ether oxygens (including phenoxy) is 4. The van der Waals surface area contributed by atoms with Gasteiger partial charge in [0.2, 0.25) is 11.8 Å². The Bertz CT molecular complexity index is 1500. The van der Waals surface area contributed by atoms with Crippen molar-refractivity contribution in [1.29, 1.82) is 0 Å². The second-order valence-corrected chi connectivity index (χ2v) is 15.5. The molecule has 55 heavy (non-hydrogen) atoms. The first-order valence-electron chi connectivity index (χ1n) is 19.4. The summed E-state index contributed by atoms with van der Waals surface area (Å²) < 4.78 is 21.9. The summed E-state index contributed by atoms with van der Waals surface area (Å²) in [6.07, 6.45) is 3.02. The van der Waals surface area contributed by atoms with Crippen LogP contribution in [0.15, 0.2) is 48.5 Å². The van der Waals surface area contributed by atoms with Gasteiger partial charge in [0, 0.05) is 19.5 Å². The molecule has 0 spiro atoms. The first kappa shape index (κ1) is 46.3. The van der Waals surface area contributed by atoms with Crippen LogP contribution in [0.5, 0.6) is 5.75 Å². The van der Waals surface area contributed by atoms with Crippen molar-refractivity contribution in [2.75, 3.05) is 19.8 Å². The summed E-state index contributed by atoms with van der Waals surface area (Å²) >= 11 is 0. The molecule has 2 aromatic carbocycles. The SMILES string of the molecule is CCCCOC(=O)N[C@@H](CCCC(=O)OC(C)(C)C)C(=O)N[C@@H](CCc1ccccc1)C(=O)NCc1cc(OCCCCNC(=O)OC(C)(C)C)ccc1C. The molecule has 0 fully saturated rings. The van der Waals surface area contributed by atoms with Crippen LogP contribution >= 0.6 is 0 Å². The van der Waals surface area contributed by atoms with Gasteiger partial charge >= 0.3 is 18.2 Å². The van der Waals surface area contributed by atoms with Gasteiger partial charge in [0.1, 0.15) is 29.0 Å². The highest BCUT2D eigenvalue weighted by Gasteiger charge is 2.28. The van der Waals surface area contributed by atoms with E-state index in [-0.39, 0.29) is 38.3 Å². The number of hydrogen-bond donors (Lipinski definition) is 4. The minimum absolute atomic E-state index is 0.0545. The smallest absolute Gasteiger partial charge is 0.407 e. The Hall–Kier alpha value is -4.81. The van der Waals surface area contributed by atoms with E-state index in [1.165, 1.54) is 0 Å². The van der Waals surface area contributed by atoms with Gasteiger partial charge in [-0.3, -0.25) is 14.4 Å². The van der Waals surface area contributed by atoms with Crippen molar-refractivity contribution in [2.24, 2.45) is 0 Å². The number of unbranched alkanes of at least 4 members (excludes halogenated alkanes) is 2. The third-order valence-corrected chi connectivity index (χ3v) is 8.11. The van der Waals surface area contributed by atoms with E-state index in [2.05, 4.69) is 21.3 Å². The monoisotopic (exact) mass is 768 g/mol. The molecule has 0 saturated heterocycles. The summed E-state index contributed by atoms with van der Waals surface area (Å²) in [6.45, 7) is 16.0. The van der Waals surface area contributed by atoms with Crippen LogP contribution in [0.4, 0.5) is 9.59 Å². The van der Waals surface area contributed by atoms with Crippen molar-refractivity contribution in [1.82, 2.24) is 21.3 Å². The van der Waals surface area contributed by atoms with Crippen molar-refractivity contribution >= 4 is 30.0 Å². The van der Waals surface area contributed by atoms with Gasteiger partial charge in [0.15, 0.2) is 0 Å². The topological polar surface area (TPSA) is 170 Å². The quantitative estimate of drug-likeness (QED) is 0.0570. The van der Waals surface area contributed by atoms with Crippen LogP contribution in [0.3, 0.4) is 0 Å². The average Bonchev–Trinajstić information content (AvgIpc) is 3.10. The molecular weight excluding hydrogens is 704 g/mol. The Morgan fingerprint density at radius 3 is 2.07 bits per heavy atom. The van der Waals surface area contributed by atoms with E-state index >= 15 is 0 Å². The lowest BCUT2D eigenvalue weighted by molar-refractivity contribution is -0.155. The molecule has 0 aliphatic rings. The summed E-state index contributed by atoms with van der Waals surface area (Å²) in [6, 6.07) is 13.3. The number of hydrogen-bond acceptors (Lipinski definition) is 9. The number of benzene rings is 2. The summed E-state index contributed by atoms with van der Waals surface area (Å²) in [7, 11) is 0. The number of rotatable bonds is 22. The molecule has 13 nitrogen and oxygen atoms in total. The first-order valence-corrected chi connectivity index (χ1v) is 19.4.